The smallest absolute Gasteiger partial charge is 0.212 e. The predicted octanol–water partition coefficient (Wildman–Crippen LogP) is 4.50. The maximum absolute atomic E-state index is 13.0. The zero-order valence-corrected chi connectivity index (χ0v) is 13.3. The lowest BCUT2D eigenvalue weighted by atomic mass is 10.1. The molecule has 0 bridgehead atoms. The van der Waals surface area contributed by atoms with E-state index in [4.69, 9.17) is 0 Å². The van der Waals surface area contributed by atoms with Gasteiger partial charge in [-0.05, 0) is 36.8 Å². The molecule has 0 radical (unpaired) electrons. The van der Waals surface area contributed by atoms with Crippen molar-refractivity contribution in [2.45, 2.75) is 13.3 Å². The van der Waals surface area contributed by atoms with Crippen molar-refractivity contribution >= 4 is 16.3 Å². The van der Waals surface area contributed by atoms with Crippen LogP contribution in [0.25, 0.3) is 16.2 Å². The summed E-state index contributed by atoms with van der Waals surface area (Å²) in [6.45, 7) is 2.08. The fourth-order valence-corrected chi connectivity index (χ4v) is 3.36. The van der Waals surface area contributed by atoms with Crippen LogP contribution in [0.2, 0.25) is 0 Å². The van der Waals surface area contributed by atoms with E-state index in [0.717, 1.165) is 27.6 Å². The zero-order chi connectivity index (χ0) is 15.8. The molecule has 0 aliphatic rings. The van der Waals surface area contributed by atoms with Crippen LogP contribution in [-0.4, -0.2) is 14.6 Å². The maximum Gasteiger partial charge on any atom is 0.212 e. The van der Waals surface area contributed by atoms with Crippen molar-refractivity contribution in [1.29, 1.82) is 0 Å². The van der Waals surface area contributed by atoms with Crippen LogP contribution in [0, 0.1) is 12.7 Å². The average molecular weight is 323 g/mol. The summed E-state index contributed by atoms with van der Waals surface area (Å²) >= 11 is 1.58. The van der Waals surface area contributed by atoms with E-state index >= 15 is 0 Å². The molecule has 0 fully saturated rings. The Labute approximate surface area is 137 Å². The second-order valence-corrected chi connectivity index (χ2v) is 6.56. The molecule has 0 spiro atoms. The first-order chi connectivity index (χ1) is 11.2. The van der Waals surface area contributed by atoms with Crippen LogP contribution in [0.15, 0.2) is 54.7 Å². The normalized spacial score (nSPS) is 11.2. The Morgan fingerprint density at radius 2 is 1.78 bits per heavy atom. The Morgan fingerprint density at radius 3 is 2.48 bits per heavy atom. The zero-order valence-electron chi connectivity index (χ0n) is 12.5. The van der Waals surface area contributed by atoms with Crippen LogP contribution in [0.3, 0.4) is 0 Å². The minimum absolute atomic E-state index is 0.242. The summed E-state index contributed by atoms with van der Waals surface area (Å²) < 4.78 is 14.8. The summed E-state index contributed by atoms with van der Waals surface area (Å²) in [6.07, 6.45) is 2.69. The highest BCUT2D eigenvalue weighted by Gasteiger charge is 2.10. The first-order valence-corrected chi connectivity index (χ1v) is 8.15. The molecule has 2 heterocycles. The highest BCUT2D eigenvalue weighted by atomic mass is 32.1. The monoisotopic (exact) mass is 323 g/mol. The van der Waals surface area contributed by atoms with Gasteiger partial charge in [-0.25, -0.2) is 13.9 Å². The lowest BCUT2D eigenvalue weighted by Crippen LogP contribution is -1.89. The molecule has 4 rings (SSSR count). The molecule has 0 N–H and O–H groups in total. The van der Waals surface area contributed by atoms with E-state index in [9.17, 15) is 4.39 Å². The number of aryl methyl sites for hydroxylation is 1. The first kappa shape index (κ1) is 14.1. The maximum atomic E-state index is 13.0. The molecule has 4 aromatic rings. The van der Waals surface area contributed by atoms with E-state index in [1.54, 1.807) is 28.0 Å². The number of benzene rings is 2. The predicted molar refractivity (Wildman–Crippen MR) is 90.2 cm³/mol. The van der Waals surface area contributed by atoms with Crippen LogP contribution in [0.5, 0.6) is 0 Å². The summed E-state index contributed by atoms with van der Waals surface area (Å²) in [5.74, 6) is -0.242. The molecular weight excluding hydrogens is 309 g/mol. The van der Waals surface area contributed by atoms with E-state index in [1.807, 2.05) is 6.20 Å². The van der Waals surface area contributed by atoms with Gasteiger partial charge in [0.2, 0.25) is 4.96 Å². The van der Waals surface area contributed by atoms with Crippen LogP contribution < -0.4 is 0 Å². The number of hydrogen-bond donors (Lipinski definition) is 0. The molecule has 0 amide bonds. The second kappa shape index (κ2) is 5.59. The number of halogens is 1. The molecule has 0 aliphatic carbocycles. The standard InChI is InChI=1S/C18H14FN3S/c1-12-2-4-13(5-3-12)10-17-21-22-11-16(20-18(22)23-17)14-6-8-15(19)9-7-14/h2-9,11H,10H2,1H3. The summed E-state index contributed by atoms with van der Waals surface area (Å²) in [6, 6.07) is 14.8. The molecule has 23 heavy (non-hydrogen) atoms. The van der Waals surface area contributed by atoms with Crippen LogP contribution >= 0.6 is 11.3 Å². The molecular formula is C18H14FN3S. The summed E-state index contributed by atoms with van der Waals surface area (Å²) in [4.78, 5) is 5.44. The summed E-state index contributed by atoms with van der Waals surface area (Å²) in [5.41, 5.74) is 4.20. The molecule has 0 unspecified atom stereocenters. The second-order valence-electron chi connectivity index (χ2n) is 5.52. The minimum atomic E-state index is -0.242. The third kappa shape index (κ3) is 2.87. The van der Waals surface area contributed by atoms with E-state index < -0.39 is 0 Å². The van der Waals surface area contributed by atoms with Crippen LogP contribution in [0.1, 0.15) is 16.1 Å². The lowest BCUT2D eigenvalue weighted by Gasteiger charge is -1.98. The Balaban J connectivity index is 1.61. The van der Waals surface area contributed by atoms with Crippen molar-refractivity contribution in [3.8, 4) is 11.3 Å². The van der Waals surface area contributed by atoms with E-state index in [-0.39, 0.29) is 5.82 Å². The SMILES string of the molecule is Cc1ccc(Cc2nn3cc(-c4ccc(F)cc4)nc3s2)cc1. The van der Waals surface area contributed by atoms with Gasteiger partial charge in [-0.3, -0.25) is 0 Å². The molecule has 2 aromatic carbocycles. The Morgan fingerprint density at radius 1 is 1.04 bits per heavy atom. The molecule has 0 aliphatic heterocycles. The fourth-order valence-electron chi connectivity index (χ4n) is 2.45. The van der Waals surface area contributed by atoms with E-state index in [2.05, 4.69) is 41.3 Å². The van der Waals surface area contributed by atoms with Crippen molar-refractivity contribution in [1.82, 2.24) is 14.6 Å². The van der Waals surface area contributed by atoms with Gasteiger partial charge in [0.1, 0.15) is 10.8 Å². The molecule has 114 valence electrons. The van der Waals surface area contributed by atoms with Gasteiger partial charge in [0.05, 0.1) is 11.9 Å². The van der Waals surface area contributed by atoms with Gasteiger partial charge in [0, 0.05) is 12.0 Å². The van der Waals surface area contributed by atoms with Gasteiger partial charge >= 0.3 is 0 Å². The quantitative estimate of drug-likeness (QED) is 0.556. The van der Waals surface area contributed by atoms with E-state index in [0.29, 0.717) is 0 Å². The van der Waals surface area contributed by atoms with Gasteiger partial charge in [0.25, 0.3) is 0 Å². The van der Waals surface area contributed by atoms with Crippen molar-refractivity contribution in [2.75, 3.05) is 0 Å². The molecule has 5 heteroatoms. The minimum Gasteiger partial charge on any atom is -0.217 e. The number of hydrogen-bond acceptors (Lipinski definition) is 3. The topological polar surface area (TPSA) is 30.2 Å². The van der Waals surface area contributed by atoms with Gasteiger partial charge < -0.3 is 0 Å². The van der Waals surface area contributed by atoms with Gasteiger partial charge in [-0.2, -0.15) is 5.10 Å². The third-order valence-corrected chi connectivity index (χ3v) is 4.62. The highest BCUT2D eigenvalue weighted by Crippen LogP contribution is 2.23. The van der Waals surface area contributed by atoms with Gasteiger partial charge in [-0.1, -0.05) is 41.2 Å². The van der Waals surface area contributed by atoms with Crippen LogP contribution in [-0.2, 0) is 6.42 Å². The Bertz CT molecular complexity index is 921. The lowest BCUT2D eigenvalue weighted by molar-refractivity contribution is 0.628. The van der Waals surface area contributed by atoms with Gasteiger partial charge in [-0.15, -0.1) is 0 Å². The largest absolute Gasteiger partial charge is 0.217 e. The fraction of sp³-hybridized carbons (Fsp3) is 0.111. The number of aromatic nitrogens is 3. The van der Waals surface area contributed by atoms with E-state index in [1.165, 1.54) is 23.3 Å². The Kier molecular flexibility index (Phi) is 3.42. The van der Waals surface area contributed by atoms with Crippen molar-refractivity contribution in [2.24, 2.45) is 0 Å². The number of rotatable bonds is 3. The summed E-state index contributed by atoms with van der Waals surface area (Å²) in [5, 5.41) is 5.62. The summed E-state index contributed by atoms with van der Waals surface area (Å²) in [7, 11) is 0. The number of fused-ring (bicyclic) bond motifs is 1. The van der Waals surface area contributed by atoms with Crippen molar-refractivity contribution < 1.29 is 4.39 Å². The molecule has 2 aromatic heterocycles. The molecule has 0 atom stereocenters. The van der Waals surface area contributed by atoms with Crippen molar-refractivity contribution in [3.05, 3.63) is 76.7 Å². The van der Waals surface area contributed by atoms with Gasteiger partial charge in [0.15, 0.2) is 0 Å². The first-order valence-electron chi connectivity index (χ1n) is 7.34. The third-order valence-electron chi connectivity index (χ3n) is 3.70. The van der Waals surface area contributed by atoms with Crippen molar-refractivity contribution in [3.63, 3.8) is 0 Å². The number of nitrogens with zero attached hydrogens (tertiary/aromatic N) is 3. The molecule has 3 nitrogen and oxygen atoms in total. The Hall–Kier alpha value is -2.53. The number of imidazole rings is 1. The van der Waals surface area contributed by atoms with Crippen LogP contribution in [0.4, 0.5) is 4.39 Å². The average Bonchev–Trinajstić information content (AvgIpc) is 3.09. The molecule has 0 saturated heterocycles. The highest BCUT2D eigenvalue weighted by molar-refractivity contribution is 7.16. The molecule has 0 saturated carbocycles.